The minimum atomic E-state index is -0.102. The van der Waals surface area contributed by atoms with Gasteiger partial charge >= 0.3 is 0 Å². The van der Waals surface area contributed by atoms with Gasteiger partial charge in [0.1, 0.15) is 0 Å². The van der Waals surface area contributed by atoms with Gasteiger partial charge in [0.05, 0.1) is 10.3 Å². The van der Waals surface area contributed by atoms with Crippen LogP contribution in [-0.2, 0) is 4.79 Å². The molecule has 1 atom stereocenters. The molecule has 1 aromatic carbocycles. The summed E-state index contributed by atoms with van der Waals surface area (Å²) in [6.45, 7) is 7.42. The molecule has 94 valence electrons. The Morgan fingerprint density at radius 3 is 2.47 bits per heavy atom. The Bertz CT molecular complexity index is 379. The normalized spacial score (nSPS) is 12.2. The second-order valence-electron chi connectivity index (χ2n) is 3.70. The third kappa shape index (κ3) is 3.93. The van der Waals surface area contributed by atoms with Gasteiger partial charge in [-0.15, -0.1) is 11.8 Å². The number of benzene rings is 1. The first-order valence-electron chi connectivity index (χ1n) is 5.80. The van der Waals surface area contributed by atoms with Gasteiger partial charge in [-0.1, -0.05) is 23.7 Å². The average Bonchev–Trinajstić information content (AvgIpc) is 2.33. The number of carbonyl (C=O) groups excluding carboxylic acids is 1. The van der Waals surface area contributed by atoms with Crippen molar-refractivity contribution in [3.63, 3.8) is 0 Å². The van der Waals surface area contributed by atoms with Gasteiger partial charge in [-0.2, -0.15) is 0 Å². The van der Waals surface area contributed by atoms with E-state index in [1.54, 1.807) is 0 Å². The second kappa shape index (κ2) is 6.92. The average molecular weight is 272 g/mol. The maximum absolute atomic E-state index is 12.1. The number of nitrogens with zero attached hydrogens (tertiary/aromatic N) is 1. The van der Waals surface area contributed by atoms with E-state index >= 15 is 0 Å². The summed E-state index contributed by atoms with van der Waals surface area (Å²) in [5.74, 6) is 0.167. The Hall–Kier alpha value is -0.670. The quantitative estimate of drug-likeness (QED) is 0.762. The fraction of sp³-hybridized carbons (Fsp3) is 0.462. The van der Waals surface area contributed by atoms with Crippen molar-refractivity contribution < 1.29 is 4.79 Å². The number of rotatable bonds is 5. The van der Waals surface area contributed by atoms with Gasteiger partial charge in [0.15, 0.2) is 0 Å². The van der Waals surface area contributed by atoms with Gasteiger partial charge in [0.2, 0.25) is 5.91 Å². The molecule has 0 heterocycles. The summed E-state index contributed by atoms with van der Waals surface area (Å²) in [6.07, 6.45) is 0. The van der Waals surface area contributed by atoms with Gasteiger partial charge in [0, 0.05) is 18.0 Å². The van der Waals surface area contributed by atoms with Crippen LogP contribution in [0.5, 0.6) is 0 Å². The predicted octanol–water partition coefficient (Wildman–Crippen LogP) is 3.69. The highest BCUT2D eigenvalue weighted by molar-refractivity contribution is 8.00. The minimum absolute atomic E-state index is 0.102. The van der Waals surface area contributed by atoms with Crippen molar-refractivity contribution in [3.05, 3.63) is 29.3 Å². The van der Waals surface area contributed by atoms with Crippen LogP contribution < -0.4 is 0 Å². The van der Waals surface area contributed by atoms with Crippen molar-refractivity contribution in [2.75, 3.05) is 13.1 Å². The second-order valence-corrected chi connectivity index (χ2v) is 5.49. The van der Waals surface area contributed by atoms with Gasteiger partial charge in [0.25, 0.3) is 0 Å². The van der Waals surface area contributed by atoms with Crippen molar-refractivity contribution in [3.8, 4) is 0 Å². The number of thioether (sulfide) groups is 1. The first-order chi connectivity index (χ1) is 8.10. The summed E-state index contributed by atoms with van der Waals surface area (Å²) in [6, 6.07) is 7.61. The lowest BCUT2D eigenvalue weighted by Crippen LogP contribution is -2.36. The molecule has 0 fully saturated rings. The molecule has 0 radical (unpaired) electrons. The first kappa shape index (κ1) is 14.4. The van der Waals surface area contributed by atoms with Crippen molar-refractivity contribution >= 4 is 29.3 Å². The van der Waals surface area contributed by atoms with Crippen molar-refractivity contribution in [1.29, 1.82) is 0 Å². The molecule has 0 aliphatic heterocycles. The maximum atomic E-state index is 12.1. The monoisotopic (exact) mass is 271 g/mol. The van der Waals surface area contributed by atoms with Crippen LogP contribution >= 0.6 is 23.4 Å². The van der Waals surface area contributed by atoms with Crippen LogP contribution in [-0.4, -0.2) is 29.1 Å². The number of halogens is 1. The lowest BCUT2D eigenvalue weighted by atomic mass is 10.3. The molecule has 4 heteroatoms. The van der Waals surface area contributed by atoms with E-state index in [2.05, 4.69) is 0 Å². The smallest absolute Gasteiger partial charge is 0.235 e. The van der Waals surface area contributed by atoms with Crippen LogP contribution in [0.3, 0.4) is 0 Å². The molecule has 0 aliphatic carbocycles. The lowest BCUT2D eigenvalue weighted by Gasteiger charge is -2.22. The number of carbonyl (C=O) groups is 1. The van der Waals surface area contributed by atoms with Crippen LogP contribution in [0.2, 0.25) is 5.02 Å². The highest BCUT2D eigenvalue weighted by Gasteiger charge is 2.19. The van der Waals surface area contributed by atoms with Crippen LogP contribution in [0.1, 0.15) is 20.8 Å². The summed E-state index contributed by atoms with van der Waals surface area (Å²) in [5, 5.41) is 0.603. The van der Waals surface area contributed by atoms with Crippen LogP contribution in [0.4, 0.5) is 0 Å². The van der Waals surface area contributed by atoms with Gasteiger partial charge in [-0.05, 0) is 32.9 Å². The van der Waals surface area contributed by atoms with E-state index in [0.29, 0.717) is 5.02 Å². The Morgan fingerprint density at radius 1 is 1.35 bits per heavy atom. The highest BCUT2D eigenvalue weighted by atomic mass is 35.5. The van der Waals surface area contributed by atoms with E-state index in [4.69, 9.17) is 11.6 Å². The molecule has 0 N–H and O–H groups in total. The predicted molar refractivity (Wildman–Crippen MR) is 74.7 cm³/mol. The summed E-state index contributed by atoms with van der Waals surface area (Å²) >= 11 is 7.59. The number of hydrogen-bond acceptors (Lipinski definition) is 2. The molecule has 1 amide bonds. The van der Waals surface area contributed by atoms with Crippen molar-refractivity contribution in [1.82, 2.24) is 4.90 Å². The molecular weight excluding hydrogens is 254 g/mol. The SMILES string of the molecule is CCN(CC)C(=O)C(C)Sc1ccccc1Cl. The summed E-state index contributed by atoms with van der Waals surface area (Å²) < 4.78 is 0. The van der Waals surface area contributed by atoms with Crippen LogP contribution in [0.25, 0.3) is 0 Å². The Kier molecular flexibility index (Phi) is 5.86. The zero-order valence-corrected chi connectivity index (χ0v) is 12.0. The third-order valence-electron chi connectivity index (χ3n) is 2.56. The van der Waals surface area contributed by atoms with Crippen molar-refractivity contribution in [2.45, 2.75) is 30.9 Å². The fourth-order valence-corrected chi connectivity index (χ4v) is 2.81. The molecule has 0 aliphatic rings. The molecule has 1 aromatic rings. The van der Waals surface area contributed by atoms with E-state index in [0.717, 1.165) is 18.0 Å². The molecule has 0 saturated carbocycles. The van der Waals surface area contributed by atoms with E-state index in [1.807, 2.05) is 49.9 Å². The molecule has 0 aromatic heterocycles. The summed E-state index contributed by atoms with van der Waals surface area (Å²) in [7, 11) is 0. The highest BCUT2D eigenvalue weighted by Crippen LogP contribution is 2.30. The Labute approximate surface area is 112 Å². The van der Waals surface area contributed by atoms with Crippen molar-refractivity contribution in [2.24, 2.45) is 0 Å². The zero-order valence-electron chi connectivity index (χ0n) is 10.4. The van der Waals surface area contributed by atoms with Crippen LogP contribution in [0.15, 0.2) is 29.2 Å². The molecule has 1 rings (SSSR count). The molecule has 0 saturated heterocycles. The number of hydrogen-bond donors (Lipinski definition) is 0. The topological polar surface area (TPSA) is 20.3 Å². The lowest BCUT2D eigenvalue weighted by molar-refractivity contribution is -0.129. The molecule has 17 heavy (non-hydrogen) atoms. The Balaban J connectivity index is 2.69. The summed E-state index contributed by atoms with van der Waals surface area (Å²) in [4.78, 5) is 14.9. The largest absolute Gasteiger partial charge is 0.342 e. The summed E-state index contributed by atoms with van der Waals surface area (Å²) in [5.41, 5.74) is 0. The molecule has 0 spiro atoms. The first-order valence-corrected chi connectivity index (χ1v) is 7.05. The molecular formula is C13H18ClNOS. The third-order valence-corrected chi connectivity index (χ3v) is 4.17. The number of amides is 1. The Morgan fingerprint density at radius 2 is 1.94 bits per heavy atom. The van der Waals surface area contributed by atoms with Gasteiger partial charge in [-0.25, -0.2) is 0 Å². The molecule has 1 unspecified atom stereocenters. The van der Waals surface area contributed by atoms with Gasteiger partial charge < -0.3 is 4.90 Å². The van der Waals surface area contributed by atoms with Gasteiger partial charge in [-0.3, -0.25) is 4.79 Å². The molecule has 0 bridgehead atoms. The fourth-order valence-electron chi connectivity index (χ4n) is 1.57. The molecule has 2 nitrogen and oxygen atoms in total. The van der Waals surface area contributed by atoms with E-state index in [9.17, 15) is 4.79 Å². The van der Waals surface area contributed by atoms with E-state index < -0.39 is 0 Å². The van der Waals surface area contributed by atoms with E-state index in [-0.39, 0.29) is 11.2 Å². The zero-order chi connectivity index (χ0) is 12.8. The minimum Gasteiger partial charge on any atom is -0.342 e. The van der Waals surface area contributed by atoms with Crippen LogP contribution in [0, 0.1) is 0 Å². The standard InChI is InChI=1S/C13H18ClNOS/c1-4-15(5-2)13(16)10(3)17-12-9-7-6-8-11(12)14/h6-10H,4-5H2,1-3H3. The maximum Gasteiger partial charge on any atom is 0.235 e. The van der Waals surface area contributed by atoms with E-state index in [1.165, 1.54) is 11.8 Å².